The molecule has 1 aromatic heterocycles. The molecular weight excluding hydrogens is 250 g/mol. The van der Waals surface area contributed by atoms with Crippen LogP contribution in [-0.4, -0.2) is 16.9 Å². The fourth-order valence-electron chi connectivity index (χ4n) is 2.29. The number of nitrogens with two attached hydrogens (primary N) is 1. The Morgan fingerprint density at radius 3 is 2.70 bits per heavy atom. The summed E-state index contributed by atoms with van der Waals surface area (Å²) in [7, 11) is 1.68. The summed E-state index contributed by atoms with van der Waals surface area (Å²) in [5, 5.41) is 5.54. The van der Waals surface area contributed by atoms with Gasteiger partial charge in [0.15, 0.2) is 0 Å². The van der Waals surface area contributed by atoms with Crippen molar-refractivity contribution in [3.63, 3.8) is 0 Å². The first kappa shape index (κ1) is 12.5. The highest BCUT2D eigenvalue weighted by Crippen LogP contribution is 2.18. The predicted molar refractivity (Wildman–Crippen MR) is 80.8 cm³/mol. The molecule has 3 aromatic rings. The molecule has 0 spiro atoms. The van der Waals surface area contributed by atoms with Crippen LogP contribution in [0.2, 0.25) is 0 Å². The third kappa shape index (κ3) is 2.45. The van der Waals surface area contributed by atoms with E-state index in [2.05, 4.69) is 17.2 Å². The van der Waals surface area contributed by atoms with E-state index in [4.69, 9.17) is 10.5 Å². The van der Waals surface area contributed by atoms with Crippen molar-refractivity contribution in [1.82, 2.24) is 9.78 Å². The van der Waals surface area contributed by atoms with Crippen molar-refractivity contribution in [2.75, 3.05) is 12.8 Å². The van der Waals surface area contributed by atoms with Gasteiger partial charge in [0.1, 0.15) is 5.75 Å². The highest BCUT2D eigenvalue weighted by atomic mass is 16.5. The van der Waals surface area contributed by atoms with Crippen molar-refractivity contribution >= 4 is 16.6 Å². The maximum Gasteiger partial charge on any atom is 0.118 e. The number of aryl methyl sites for hydroxylation is 2. The summed E-state index contributed by atoms with van der Waals surface area (Å²) in [6.07, 6.45) is 2.80. The maximum absolute atomic E-state index is 5.84. The molecule has 102 valence electrons. The Bertz CT molecular complexity index is 716. The van der Waals surface area contributed by atoms with Gasteiger partial charge in [0.2, 0.25) is 0 Å². The van der Waals surface area contributed by atoms with Crippen LogP contribution in [0.4, 0.5) is 5.69 Å². The molecule has 20 heavy (non-hydrogen) atoms. The third-order valence-corrected chi connectivity index (χ3v) is 3.44. The molecule has 0 fully saturated rings. The fourth-order valence-corrected chi connectivity index (χ4v) is 2.29. The van der Waals surface area contributed by atoms with E-state index in [1.54, 1.807) is 7.11 Å². The third-order valence-electron chi connectivity index (χ3n) is 3.44. The first-order valence-electron chi connectivity index (χ1n) is 6.60. The van der Waals surface area contributed by atoms with Gasteiger partial charge in [-0.2, -0.15) is 5.10 Å². The summed E-state index contributed by atoms with van der Waals surface area (Å²) in [5.41, 5.74) is 8.95. The number of fused-ring (bicyclic) bond motifs is 1. The van der Waals surface area contributed by atoms with Crippen LogP contribution in [0.5, 0.6) is 5.75 Å². The molecule has 0 unspecified atom stereocenters. The van der Waals surface area contributed by atoms with Gasteiger partial charge in [-0.1, -0.05) is 12.1 Å². The number of aromatic nitrogens is 2. The van der Waals surface area contributed by atoms with Crippen molar-refractivity contribution in [3.8, 4) is 5.75 Å². The van der Waals surface area contributed by atoms with Crippen molar-refractivity contribution in [1.29, 1.82) is 0 Å². The van der Waals surface area contributed by atoms with Crippen molar-refractivity contribution < 1.29 is 4.74 Å². The minimum atomic E-state index is 0.767. The van der Waals surface area contributed by atoms with E-state index in [0.29, 0.717) is 0 Å². The number of methoxy groups -OCH3 is 1. The van der Waals surface area contributed by atoms with Gasteiger partial charge in [-0.25, -0.2) is 0 Å². The number of nitrogens with zero attached hydrogens (tertiary/aromatic N) is 2. The summed E-state index contributed by atoms with van der Waals surface area (Å²) in [5.74, 6) is 0.881. The number of nitrogen functional groups attached to an aromatic ring is 1. The van der Waals surface area contributed by atoms with Gasteiger partial charge in [0.25, 0.3) is 0 Å². The molecule has 1 heterocycles. The Hall–Kier alpha value is -2.49. The molecule has 0 bridgehead atoms. The highest BCUT2D eigenvalue weighted by Gasteiger charge is 2.03. The molecular formula is C16H17N3O. The smallest absolute Gasteiger partial charge is 0.118 e. The lowest BCUT2D eigenvalue weighted by Gasteiger charge is -2.06. The van der Waals surface area contributed by atoms with Crippen LogP contribution in [0.3, 0.4) is 0 Å². The quantitative estimate of drug-likeness (QED) is 0.739. The zero-order valence-electron chi connectivity index (χ0n) is 11.4. The molecule has 0 saturated carbocycles. The summed E-state index contributed by atoms with van der Waals surface area (Å²) in [4.78, 5) is 0. The van der Waals surface area contributed by atoms with E-state index in [1.165, 1.54) is 5.56 Å². The topological polar surface area (TPSA) is 53.1 Å². The summed E-state index contributed by atoms with van der Waals surface area (Å²) in [6, 6.07) is 14.0. The monoisotopic (exact) mass is 267 g/mol. The molecule has 4 heteroatoms. The molecule has 0 aliphatic rings. The van der Waals surface area contributed by atoms with Crippen LogP contribution in [-0.2, 0) is 13.0 Å². The van der Waals surface area contributed by atoms with E-state index in [1.807, 2.05) is 41.2 Å². The van der Waals surface area contributed by atoms with Gasteiger partial charge < -0.3 is 10.5 Å². The Balaban J connectivity index is 1.77. The van der Waals surface area contributed by atoms with E-state index < -0.39 is 0 Å². The SMILES string of the molecule is COc1ccc(CCn2ncc3ccc(N)cc32)cc1. The minimum Gasteiger partial charge on any atom is -0.497 e. The van der Waals surface area contributed by atoms with Crippen molar-refractivity contribution in [3.05, 3.63) is 54.2 Å². The van der Waals surface area contributed by atoms with Crippen molar-refractivity contribution in [2.45, 2.75) is 13.0 Å². The maximum atomic E-state index is 5.84. The molecule has 0 aliphatic heterocycles. The Kier molecular flexibility index (Phi) is 3.29. The molecule has 0 amide bonds. The molecule has 0 atom stereocenters. The van der Waals surface area contributed by atoms with Crippen LogP contribution >= 0.6 is 0 Å². The van der Waals surface area contributed by atoms with Gasteiger partial charge in [-0.15, -0.1) is 0 Å². The summed E-state index contributed by atoms with van der Waals surface area (Å²) >= 11 is 0. The zero-order valence-corrected chi connectivity index (χ0v) is 11.4. The molecule has 4 nitrogen and oxygen atoms in total. The second-order valence-corrected chi connectivity index (χ2v) is 4.78. The molecule has 2 N–H and O–H groups in total. The molecule has 0 radical (unpaired) electrons. The van der Waals surface area contributed by atoms with Crippen LogP contribution in [0.1, 0.15) is 5.56 Å². The Labute approximate surface area is 117 Å². The van der Waals surface area contributed by atoms with Crippen LogP contribution in [0.25, 0.3) is 10.9 Å². The number of ether oxygens (including phenoxy) is 1. The van der Waals surface area contributed by atoms with Gasteiger partial charge >= 0.3 is 0 Å². The van der Waals surface area contributed by atoms with Gasteiger partial charge in [0.05, 0.1) is 18.8 Å². The van der Waals surface area contributed by atoms with E-state index >= 15 is 0 Å². The van der Waals surface area contributed by atoms with Crippen LogP contribution < -0.4 is 10.5 Å². The number of hydrogen-bond acceptors (Lipinski definition) is 3. The second kappa shape index (κ2) is 5.25. The molecule has 2 aromatic carbocycles. The summed E-state index contributed by atoms with van der Waals surface area (Å²) in [6.45, 7) is 0.833. The largest absolute Gasteiger partial charge is 0.497 e. The number of benzene rings is 2. The number of hydrogen-bond donors (Lipinski definition) is 1. The normalized spacial score (nSPS) is 10.8. The standard InChI is InChI=1S/C16H17N3O/c1-20-15-6-2-12(3-7-15)8-9-19-16-10-14(17)5-4-13(16)11-18-19/h2-7,10-11H,8-9,17H2,1H3. The lowest BCUT2D eigenvalue weighted by Crippen LogP contribution is -2.03. The second-order valence-electron chi connectivity index (χ2n) is 4.78. The first-order chi connectivity index (χ1) is 9.76. The van der Waals surface area contributed by atoms with Gasteiger partial charge in [0, 0.05) is 17.6 Å². The van der Waals surface area contributed by atoms with Crippen LogP contribution in [0, 0.1) is 0 Å². The first-order valence-corrected chi connectivity index (χ1v) is 6.60. The predicted octanol–water partition coefficient (Wildman–Crippen LogP) is 2.87. The number of anilines is 1. The van der Waals surface area contributed by atoms with Gasteiger partial charge in [-0.05, 0) is 42.3 Å². The van der Waals surface area contributed by atoms with Crippen LogP contribution in [0.15, 0.2) is 48.7 Å². The zero-order chi connectivity index (χ0) is 13.9. The fraction of sp³-hybridized carbons (Fsp3) is 0.188. The average Bonchev–Trinajstić information content (AvgIpc) is 2.88. The number of rotatable bonds is 4. The van der Waals surface area contributed by atoms with E-state index in [0.717, 1.165) is 35.3 Å². The van der Waals surface area contributed by atoms with E-state index in [9.17, 15) is 0 Å². The lowest BCUT2D eigenvalue weighted by molar-refractivity contribution is 0.414. The Morgan fingerprint density at radius 1 is 1.15 bits per heavy atom. The summed E-state index contributed by atoms with van der Waals surface area (Å²) < 4.78 is 7.15. The van der Waals surface area contributed by atoms with E-state index in [-0.39, 0.29) is 0 Å². The highest BCUT2D eigenvalue weighted by molar-refractivity contribution is 5.81. The average molecular weight is 267 g/mol. The minimum absolute atomic E-state index is 0.767. The van der Waals surface area contributed by atoms with Gasteiger partial charge in [-0.3, -0.25) is 4.68 Å². The molecule has 3 rings (SSSR count). The molecule has 0 saturated heterocycles. The van der Waals surface area contributed by atoms with Crippen molar-refractivity contribution in [2.24, 2.45) is 0 Å². The Morgan fingerprint density at radius 2 is 1.95 bits per heavy atom. The molecule has 0 aliphatic carbocycles. The lowest BCUT2D eigenvalue weighted by atomic mass is 10.1.